The van der Waals surface area contributed by atoms with E-state index in [4.69, 9.17) is 9.47 Å². The van der Waals surface area contributed by atoms with Crippen molar-refractivity contribution in [2.24, 2.45) is 0 Å². The molecule has 1 aromatic heterocycles. The van der Waals surface area contributed by atoms with Crippen molar-refractivity contribution in [1.82, 2.24) is 15.1 Å². The van der Waals surface area contributed by atoms with Crippen molar-refractivity contribution in [3.63, 3.8) is 0 Å². The molecule has 0 radical (unpaired) electrons. The topological polar surface area (TPSA) is 64.5 Å². The van der Waals surface area contributed by atoms with Gasteiger partial charge in [-0.2, -0.15) is 5.10 Å². The van der Waals surface area contributed by atoms with Crippen LogP contribution in [0, 0.1) is 6.92 Å². The minimum absolute atomic E-state index is 0.0317. The van der Waals surface area contributed by atoms with Crippen LogP contribution in [0.15, 0.2) is 36.4 Å². The van der Waals surface area contributed by atoms with E-state index in [0.29, 0.717) is 23.7 Å². The Labute approximate surface area is 141 Å². The quantitative estimate of drug-likeness (QED) is 0.863. The maximum Gasteiger partial charge on any atom is 0.257 e. The molecule has 6 heteroatoms. The average molecular weight is 327 g/mol. The van der Waals surface area contributed by atoms with Crippen LogP contribution in [0.5, 0.6) is 11.6 Å². The summed E-state index contributed by atoms with van der Waals surface area (Å²) in [6.45, 7) is 3.13. The molecule has 0 spiro atoms. The van der Waals surface area contributed by atoms with Crippen LogP contribution in [-0.2, 0) is 0 Å². The monoisotopic (exact) mass is 327 g/mol. The zero-order valence-corrected chi connectivity index (χ0v) is 13.9. The van der Waals surface area contributed by atoms with Crippen molar-refractivity contribution >= 4 is 5.91 Å². The van der Waals surface area contributed by atoms with Gasteiger partial charge in [0.15, 0.2) is 0 Å². The molecule has 0 aliphatic carbocycles. The summed E-state index contributed by atoms with van der Waals surface area (Å²) in [4.78, 5) is 14.6. The van der Waals surface area contributed by atoms with Crippen LogP contribution in [0.1, 0.15) is 28.9 Å². The molecule has 0 unspecified atom stereocenters. The Morgan fingerprint density at radius 2 is 2.04 bits per heavy atom. The van der Waals surface area contributed by atoms with Gasteiger partial charge >= 0.3 is 0 Å². The van der Waals surface area contributed by atoms with Crippen LogP contribution in [0.4, 0.5) is 0 Å². The zero-order chi connectivity index (χ0) is 16.9. The summed E-state index contributed by atoms with van der Waals surface area (Å²) >= 11 is 0. The average Bonchev–Trinajstić information content (AvgIpc) is 2.63. The zero-order valence-electron chi connectivity index (χ0n) is 13.9. The second-order valence-corrected chi connectivity index (χ2v) is 5.85. The number of hydrogen-bond acceptors (Lipinski definition) is 5. The predicted octanol–water partition coefficient (Wildman–Crippen LogP) is 2.48. The lowest BCUT2D eigenvalue weighted by Crippen LogP contribution is -2.44. The second-order valence-electron chi connectivity index (χ2n) is 5.85. The smallest absolute Gasteiger partial charge is 0.257 e. The number of carbonyl (C=O) groups is 1. The summed E-state index contributed by atoms with van der Waals surface area (Å²) in [6.07, 6.45) is 1.71. The number of piperidine rings is 1. The molecule has 6 nitrogen and oxygen atoms in total. The number of methoxy groups -OCH3 is 1. The fraction of sp³-hybridized carbons (Fsp3) is 0.389. The highest BCUT2D eigenvalue weighted by molar-refractivity contribution is 5.97. The van der Waals surface area contributed by atoms with Gasteiger partial charge in [-0.1, -0.05) is 12.1 Å². The van der Waals surface area contributed by atoms with Crippen LogP contribution < -0.4 is 9.47 Å². The minimum Gasteiger partial charge on any atom is -0.496 e. The number of aromatic nitrogens is 2. The number of nitrogens with zero attached hydrogens (tertiary/aromatic N) is 3. The van der Waals surface area contributed by atoms with Crippen LogP contribution in [0.3, 0.4) is 0 Å². The largest absolute Gasteiger partial charge is 0.496 e. The fourth-order valence-corrected chi connectivity index (χ4v) is 2.83. The van der Waals surface area contributed by atoms with Crippen LogP contribution in [0.25, 0.3) is 0 Å². The number of likely N-dealkylation sites (tertiary alicyclic amines) is 1. The standard InChI is InChI=1S/C18H21N3O3/c1-13-9-10-17(20-19-13)24-14-6-5-11-21(12-14)18(22)15-7-3-4-8-16(15)23-2/h3-4,7-10,14H,5-6,11-12H2,1-2H3/t14-/m0/s1. The van der Waals surface area contributed by atoms with E-state index in [1.54, 1.807) is 19.2 Å². The Morgan fingerprint density at radius 1 is 1.21 bits per heavy atom. The van der Waals surface area contributed by atoms with E-state index in [-0.39, 0.29) is 12.0 Å². The summed E-state index contributed by atoms with van der Waals surface area (Å²) in [6, 6.07) is 11.0. The fourth-order valence-electron chi connectivity index (χ4n) is 2.83. The van der Waals surface area contributed by atoms with Crippen molar-refractivity contribution in [3.8, 4) is 11.6 Å². The van der Waals surface area contributed by atoms with Crippen LogP contribution >= 0.6 is 0 Å². The Kier molecular flexibility index (Phi) is 4.93. The van der Waals surface area contributed by atoms with E-state index in [1.165, 1.54) is 0 Å². The third-order valence-electron chi connectivity index (χ3n) is 4.06. The minimum atomic E-state index is -0.0746. The number of amides is 1. The molecule has 2 heterocycles. The van der Waals surface area contributed by atoms with E-state index in [1.807, 2.05) is 36.1 Å². The highest BCUT2D eigenvalue weighted by Gasteiger charge is 2.27. The first kappa shape index (κ1) is 16.2. The predicted molar refractivity (Wildman–Crippen MR) is 89.3 cm³/mol. The molecule has 0 bridgehead atoms. The first-order valence-electron chi connectivity index (χ1n) is 8.06. The van der Waals surface area contributed by atoms with E-state index >= 15 is 0 Å². The number of hydrogen-bond donors (Lipinski definition) is 0. The van der Waals surface area contributed by atoms with E-state index in [0.717, 1.165) is 25.1 Å². The van der Waals surface area contributed by atoms with Gasteiger partial charge < -0.3 is 14.4 Å². The normalized spacial score (nSPS) is 17.4. The molecule has 1 fully saturated rings. The summed E-state index contributed by atoms with van der Waals surface area (Å²) in [5.41, 5.74) is 1.43. The number of ether oxygens (including phenoxy) is 2. The highest BCUT2D eigenvalue weighted by Crippen LogP contribution is 2.23. The Hall–Kier alpha value is -2.63. The molecule has 1 amide bonds. The maximum absolute atomic E-state index is 12.8. The summed E-state index contributed by atoms with van der Waals surface area (Å²) in [7, 11) is 1.57. The first-order valence-corrected chi connectivity index (χ1v) is 8.06. The van der Waals surface area contributed by atoms with Gasteiger partial charge in [-0.15, -0.1) is 5.10 Å². The third kappa shape index (κ3) is 3.64. The molecule has 0 N–H and O–H groups in total. The molecule has 1 atom stereocenters. The Balaban J connectivity index is 1.68. The third-order valence-corrected chi connectivity index (χ3v) is 4.06. The first-order chi connectivity index (χ1) is 11.7. The second kappa shape index (κ2) is 7.29. The number of carbonyl (C=O) groups excluding carboxylic acids is 1. The Bertz CT molecular complexity index is 703. The van der Waals surface area contributed by atoms with Crippen molar-refractivity contribution in [2.75, 3.05) is 20.2 Å². The number of aryl methyl sites for hydroxylation is 1. The van der Waals surface area contributed by atoms with Crippen molar-refractivity contribution in [1.29, 1.82) is 0 Å². The van der Waals surface area contributed by atoms with Gasteiger partial charge in [0.2, 0.25) is 5.88 Å². The molecule has 24 heavy (non-hydrogen) atoms. The van der Waals surface area contributed by atoms with Gasteiger partial charge in [0, 0.05) is 12.6 Å². The molecule has 2 aromatic rings. The SMILES string of the molecule is COc1ccccc1C(=O)N1CCC[C@H](Oc2ccc(C)nn2)C1. The molecular weight excluding hydrogens is 306 g/mol. The van der Waals surface area contributed by atoms with Gasteiger partial charge in [-0.3, -0.25) is 4.79 Å². The molecule has 1 aromatic carbocycles. The molecule has 0 saturated carbocycles. The molecule has 126 valence electrons. The van der Waals surface area contributed by atoms with Gasteiger partial charge in [0.1, 0.15) is 11.9 Å². The molecule has 1 aliphatic heterocycles. The number of rotatable bonds is 4. The van der Waals surface area contributed by atoms with E-state index in [2.05, 4.69) is 10.2 Å². The van der Waals surface area contributed by atoms with E-state index < -0.39 is 0 Å². The highest BCUT2D eigenvalue weighted by atomic mass is 16.5. The number of para-hydroxylation sites is 1. The maximum atomic E-state index is 12.8. The van der Waals surface area contributed by atoms with Gasteiger partial charge in [0.05, 0.1) is 24.9 Å². The van der Waals surface area contributed by atoms with Gasteiger partial charge in [0.25, 0.3) is 5.91 Å². The summed E-state index contributed by atoms with van der Waals surface area (Å²) in [5.74, 6) is 1.06. The summed E-state index contributed by atoms with van der Waals surface area (Å²) < 4.78 is 11.2. The number of benzene rings is 1. The lowest BCUT2D eigenvalue weighted by atomic mass is 10.1. The van der Waals surface area contributed by atoms with Gasteiger partial charge in [-0.25, -0.2) is 0 Å². The molecular formula is C18H21N3O3. The Morgan fingerprint density at radius 3 is 2.79 bits per heavy atom. The molecule has 1 aliphatic rings. The summed E-state index contributed by atoms with van der Waals surface area (Å²) in [5, 5.41) is 8.03. The van der Waals surface area contributed by atoms with Crippen LogP contribution in [-0.4, -0.2) is 47.3 Å². The van der Waals surface area contributed by atoms with Gasteiger partial charge in [-0.05, 0) is 38.0 Å². The lowest BCUT2D eigenvalue weighted by Gasteiger charge is -2.32. The van der Waals surface area contributed by atoms with Crippen molar-refractivity contribution in [3.05, 3.63) is 47.7 Å². The van der Waals surface area contributed by atoms with E-state index in [9.17, 15) is 4.79 Å². The molecule has 1 saturated heterocycles. The molecule has 3 rings (SSSR count). The van der Waals surface area contributed by atoms with Crippen LogP contribution in [0.2, 0.25) is 0 Å². The van der Waals surface area contributed by atoms with Crippen molar-refractivity contribution < 1.29 is 14.3 Å². The lowest BCUT2D eigenvalue weighted by molar-refractivity contribution is 0.0522. The van der Waals surface area contributed by atoms with Crippen molar-refractivity contribution in [2.45, 2.75) is 25.9 Å².